The highest BCUT2D eigenvalue weighted by Crippen LogP contribution is 2.26. The first-order valence-electron chi connectivity index (χ1n) is 12.4. The second kappa shape index (κ2) is 11.2. The van der Waals surface area contributed by atoms with Crippen molar-refractivity contribution in [2.75, 3.05) is 13.1 Å². The summed E-state index contributed by atoms with van der Waals surface area (Å²) >= 11 is 1.59. The fourth-order valence-corrected chi connectivity index (χ4v) is 5.15. The molecule has 0 N–H and O–H groups in total. The van der Waals surface area contributed by atoms with E-state index >= 15 is 0 Å². The Kier molecular flexibility index (Phi) is 7.59. The lowest BCUT2D eigenvalue weighted by Gasteiger charge is -2.26. The highest BCUT2D eigenvalue weighted by molar-refractivity contribution is 7.98. The first-order chi connectivity index (χ1) is 17.2. The molecule has 35 heavy (non-hydrogen) atoms. The van der Waals surface area contributed by atoms with E-state index in [2.05, 4.69) is 92.2 Å². The molecule has 8 heteroatoms. The lowest BCUT2D eigenvalue weighted by atomic mass is 10.0. The van der Waals surface area contributed by atoms with Gasteiger partial charge in [0, 0.05) is 5.56 Å². The molecule has 0 atom stereocenters. The molecule has 3 heterocycles. The molecule has 1 aliphatic heterocycles. The number of piperidine rings is 1. The number of thioether (sulfide) groups is 1. The summed E-state index contributed by atoms with van der Waals surface area (Å²) in [5.74, 6) is 3.26. The summed E-state index contributed by atoms with van der Waals surface area (Å²) in [5.41, 5.74) is 3.50. The molecule has 182 valence electrons. The maximum absolute atomic E-state index is 5.56. The second-order valence-electron chi connectivity index (χ2n) is 9.38. The third-order valence-corrected chi connectivity index (χ3v) is 7.37. The Hall–Kier alpha value is -2.97. The van der Waals surface area contributed by atoms with E-state index < -0.39 is 0 Å². The van der Waals surface area contributed by atoms with E-state index in [4.69, 9.17) is 4.52 Å². The molecule has 0 aliphatic carbocycles. The molecular formula is C27H32N6OS. The average Bonchev–Trinajstić information content (AvgIpc) is 3.51. The van der Waals surface area contributed by atoms with Crippen LogP contribution in [0, 0.1) is 0 Å². The number of nitrogens with zero attached hydrogens (tertiary/aromatic N) is 6. The minimum absolute atomic E-state index is 0.495. The van der Waals surface area contributed by atoms with Crippen LogP contribution in [0.15, 0.2) is 64.3 Å². The number of hydrogen-bond donors (Lipinski definition) is 0. The summed E-state index contributed by atoms with van der Waals surface area (Å²) in [6.45, 7) is 8.21. The third kappa shape index (κ3) is 6.00. The highest BCUT2D eigenvalue weighted by Gasteiger charge is 2.19. The second-order valence-corrected chi connectivity index (χ2v) is 10.3. The third-order valence-electron chi connectivity index (χ3n) is 6.42. The number of aromatic nitrogens is 5. The number of rotatable bonds is 9. The molecular weight excluding hydrogens is 456 g/mol. The van der Waals surface area contributed by atoms with Crippen molar-refractivity contribution in [2.45, 2.75) is 63.0 Å². The molecule has 2 aromatic heterocycles. The summed E-state index contributed by atoms with van der Waals surface area (Å²) < 4.78 is 7.79. The van der Waals surface area contributed by atoms with Gasteiger partial charge in [0.2, 0.25) is 11.7 Å². The minimum atomic E-state index is 0.495. The number of benzene rings is 2. The standard InChI is InChI=1S/C27H32N6OS/c1-20(2)22-11-13-23(14-12-22)26-28-25(34-31-26)19-35-27-30-29-24(18-32-15-7-4-8-16-32)33(27)17-21-9-5-3-6-10-21/h3,5-6,9-14,20H,4,7-8,15-19H2,1-2H3. The van der Waals surface area contributed by atoms with Crippen molar-refractivity contribution < 1.29 is 4.52 Å². The van der Waals surface area contributed by atoms with E-state index in [1.54, 1.807) is 11.8 Å². The van der Waals surface area contributed by atoms with Crippen LogP contribution in [-0.4, -0.2) is 42.9 Å². The van der Waals surface area contributed by atoms with Crippen molar-refractivity contribution in [3.05, 3.63) is 77.4 Å². The molecule has 0 amide bonds. The average molecular weight is 489 g/mol. The van der Waals surface area contributed by atoms with Gasteiger partial charge in [-0.15, -0.1) is 10.2 Å². The van der Waals surface area contributed by atoms with Gasteiger partial charge in [-0.05, 0) is 43.0 Å². The van der Waals surface area contributed by atoms with Crippen LogP contribution in [0.5, 0.6) is 0 Å². The Morgan fingerprint density at radius 2 is 1.69 bits per heavy atom. The van der Waals surface area contributed by atoms with Crippen LogP contribution in [0.3, 0.4) is 0 Å². The van der Waals surface area contributed by atoms with Crippen molar-refractivity contribution in [3.63, 3.8) is 0 Å². The molecule has 4 aromatic rings. The highest BCUT2D eigenvalue weighted by atomic mass is 32.2. The van der Waals surface area contributed by atoms with Gasteiger partial charge < -0.3 is 9.09 Å². The number of likely N-dealkylation sites (tertiary alicyclic amines) is 1. The molecule has 1 saturated heterocycles. The maximum atomic E-state index is 5.56. The molecule has 0 unspecified atom stereocenters. The van der Waals surface area contributed by atoms with Gasteiger partial charge in [0.05, 0.1) is 18.8 Å². The molecule has 1 aliphatic rings. The Labute approximate surface area is 211 Å². The van der Waals surface area contributed by atoms with Gasteiger partial charge in [-0.2, -0.15) is 4.98 Å². The van der Waals surface area contributed by atoms with E-state index in [-0.39, 0.29) is 0 Å². The van der Waals surface area contributed by atoms with Gasteiger partial charge in [-0.3, -0.25) is 4.90 Å². The molecule has 5 rings (SSSR count). The van der Waals surface area contributed by atoms with E-state index in [1.165, 1.54) is 30.4 Å². The van der Waals surface area contributed by atoms with Crippen molar-refractivity contribution >= 4 is 11.8 Å². The summed E-state index contributed by atoms with van der Waals surface area (Å²) in [4.78, 5) is 7.10. The van der Waals surface area contributed by atoms with Gasteiger partial charge in [-0.25, -0.2) is 0 Å². The van der Waals surface area contributed by atoms with Crippen LogP contribution in [0.1, 0.15) is 61.9 Å². The molecule has 0 spiro atoms. The van der Waals surface area contributed by atoms with Gasteiger partial charge in [-0.1, -0.05) is 91.8 Å². The monoisotopic (exact) mass is 488 g/mol. The zero-order valence-corrected chi connectivity index (χ0v) is 21.2. The van der Waals surface area contributed by atoms with E-state index in [0.29, 0.717) is 23.4 Å². The largest absolute Gasteiger partial charge is 0.338 e. The van der Waals surface area contributed by atoms with Crippen LogP contribution in [0.4, 0.5) is 0 Å². The van der Waals surface area contributed by atoms with Crippen molar-refractivity contribution in [1.82, 2.24) is 29.8 Å². The van der Waals surface area contributed by atoms with E-state index in [1.807, 2.05) is 6.07 Å². The van der Waals surface area contributed by atoms with Crippen molar-refractivity contribution in [1.29, 1.82) is 0 Å². The lowest BCUT2D eigenvalue weighted by Crippen LogP contribution is -2.30. The number of hydrogen-bond acceptors (Lipinski definition) is 7. The Morgan fingerprint density at radius 3 is 2.43 bits per heavy atom. The smallest absolute Gasteiger partial charge is 0.237 e. The van der Waals surface area contributed by atoms with Crippen molar-refractivity contribution in [2.24, 2.45) is 0 Å². The summed E-state index contributed by atoms with van der Waals surface area (Å²) in [5, 5.41) is 14.2. The summed E-state index contributed by atoms with van der Waals surface area (Å²) in [6.07, 6.45) is 3.84. The molecule has 1 fully saturated rings. The van der Waals surface area contributed by atoms with Gasteiger partial charge in [0.25, 0.3) is 0 Å². The first kappa shape index (κ1) is 23.8. The van der Waals surface area contributed by atoms with Crippen molar-refractivity contribution in [3.8, 4) is 11.4 Å². The zero-order chi connectivity index (χ0) is 24.0. The van der Waals surface area contributed by atoms with Gasteiger partial charge >= 0.3 is 0 Å². The van der Waals surface area contributed by atoms with Gasteiger partial charge in [0.15, 0.2) is 5.16 Å². The topological polar surface area (TPSA) is 72.9 Å². The minimum Gasteiger partial charge on any atom is -0.338 e. The Balaban J connectivity index is 1.30. The molecule has 0 saturated carbocycles. The van der Waals surface area contributed by atoms with Crippen LogP contribution in [-0.2, 0) is 18.8 Å². The van der Waals surface area contributed by atoms with E-state index in [0.717, 1.165) is 42.7 Å². The van der Waals surface area contributed by atoms with Crippen LogP contribution >= 0.6 is 11.8 Å². The Bertz CT molecular complexity index is 1210. The SMILES string of the molecule is CC(C)c1ccc(-c2noc(CSc3nnc(CN4CCCCC4)n3Cc3ccccc3)n2)cc1. The predicted octanol–water partition coefficient (Wildman–Crippen LogP) is 5.78. The normalized spacial score (nSPS) is 14.6. The predicted molar refractivity (Wildman–Crippen MR) is 138 cm³/mol. The Morgan fingerprint density at radius 1 is 0.914 bits per heavy atom. The molecule has 0 bridgehead atoms. The quantitative estimate of drug-likeness (QED) is 0.277. The first-order valence-corrected chi connectivity index (χ1v) is 13.4. The molecule has 2 aromatic carbocycles. The van der Waals surface area contributed by atoms with Crippen LogP contribution < -0.4 is 0 Å². The molecule has 0 radical (unpaired) electrons. The summed E-state index contributed by atoms with van der Waals surface area (Å²) in [7, 11) is 0. The van der Waals surface area contributed by atoms with Crippen LogP contribution in [0.25, 0.3) is 11.4 Å². The maximum Gasteiger partial charge on any atom is 0.237 e. The van der Waals surface area contributed by atoms with E-state index in [9.17, 15) is 0 Å². The molecule has 7 nitrogen and oxygen atoms in total. The lowest BCUT2D eigenvalue weighted by molar-refractivity contribution is 0.213. The summed E-state index contributed by atoms with van der Waals surface area (Å²) in [6, 6.07) is 18.8. The zero-order valence-electron chi connectivity index (χ0n) is 20.4. The fourth-order valence-electron chi connectivity index (χ4n) is 4.36. The van der Waals surface area contributed by atoms with Crippen LogP contribution in [0.2, 0.25) is 0 Å². The fraction of sp³-hybridized carbons (Fsp3) is 0.407. The van der Waals surface area contributed by atoms with Gasteiger partial charge in [0.1, 0.15) is 5.82 Å².